The molecule has 3 N–H and O–H groups in total. The number of aliphatic hydroxyl groups is 2. The minimum absolute atomic E-state index is 0.139. The minimum Gasteiger partial charge on any atom is -0.394 e. The summed E-state index contributed by atoms with van der Waals surface area (Å²) in [6, 6.07) is 3.17. The number of aliphatic hydroxyl groups excluding tert-OH is 2. The summed E-state index contributed by atoms with van der Waals surface area (Å²) in [4.78, 5) is 20.9. The lowest BCUT2D eigenvalue weighted by molar-refractivity contribution is -0.527. The first-order valence-corrected chi connectivity index (χ1v) is 5.13. The zero-order valence-corrected chi connectivity index (χ0v) is 9.31. The molecule has 1 amide bonds. The summed E-state index contributed by atoms with van der Waals surface area (Å²) in [6.45, 7) is 1.39. The SMILES string of the molecule is CC(O)CO.O=C(N[N+](=O)[O-])c1cccs1. The van der Waals surface area contributed by atoms with Gasteiger partial charge in [0.25, 0.3) is 0 Å². The van der Waals surface area contributed by atoms with Crippen LogP contribution in [0.25, 0.3) is 0 Å². The molecule has 1 aromatic heterocycles. The first kappa shape index (κ1) is 14.5. The molecule has 0 bridgehead atoms. The van der Waals surface area contributed by atoms with Crippen molar-refractivity contribution in [2.75, 3.05) is 6.61 Å². The first-order valence-electron chi connectivity index (χ1n) is 4.25. The van der Waals surface area contributed by atoms with Crippen molar-refractivity contribution in [3.8, 4) is 0 Å². The fraction of sp³-hybridized carbons (Fsp3) is 0.375. The van der Waals surface area contributed by atoms with Crippen molar-refractivity contribution in [3.05, 3.63) is 32.5 Å². The van der Waals surface area contributed by atoms with E-state index < -0.39 is 17.0 Å². The monoisotopic (exact) mass is 248 g/mol. The van der Waals surface area contributed by atoms with E-state index >= 15 is 0 Å². The molecule has 8 heteroatoms. The molecule has 1 rings (SSSR count). The average molecular weight is 248 g/mol. The van der Waals surface area contributed by atoms with E-state index in [1.54, 1.807) is 11.4 Å². The van der Waals surface area contributed by atoms with Gasteiger partial charge in [-0.15, -0.1) is 11.3 Å². The van der Waals surface area contributed by atoms with Crippen LogP contribution in [0.3, 0.4) is 0 Å². The number of rotatable bonds is 3. The predicted molar refractivity (Wildman–Crippen MR) is 57.5 cm³/mol. The Bertz CT molecular complexity index is 325. The third kappa shape index (κ3) is 6.87. The van der Waals surface area contributed by atoms with Gasteiger partial charge in [-0.25, -0.2) is 10.1 Å². The fourth-order valence-corrected chi connectivity index (χ4v) is 1.16. The lowest BCUT2D eigenvalue weighted by Crippen LogP contribution is -2.28. The molecular weight excluding hydrogens is 236 g/mol. The lowest BCUT2D eigenvalue weighted by atomic mass is 10.5. The summed E-state index contributed by atoms with van der Waals surface area (Å²) in [5.74, 6) is -0.676. The van der Waals surface area contributed by atoms with Gasteiger partial charge in [0.2, 0.25) is 0 Å². The quantitative estimate of drug-likeness (QED) is 0.516. The maximum absolute atomic E-state index is 10.8. The van der Waals surface area contributed by atoms with Crippen molar-refractivity contribution in [1.29, 1.82) is 0 Å². The van der Waals surface area contributed by atoms with E-state index in [0.717, 1.165) is 11.3 Å². The number of hydrogen-bond donors (Lipinski definition) is 3. The molecule has 0 radical (unpaired) electrons. The maximum atomic E-state index is 10.8. The molecule has 0 aliphatic carbocycles. The highest BCUT2D eigenvalue weighted by Gasteiger charge is 2.10. The second kappa shape index (κ2) is 7.74. The fourth-order valence-electron chi connectivity index (χ4n) is 0.546. The third-order valence-electron chi connectivity index (χ3n) is 1.20. The molecule has 0 saturated carbocycles. The van der Waals surface area contributed by atoms with Crippen LogP contribution in [0.5, 0.6) is 0 Å². The molecule has 0 saturated heterocycles. The van der Waals surface area contributed by atoms with E-state index in [9.17, 15) is 14.9 Å². The summed E-state index contributed by atoms with van der Waals surface area (Å²) in [7, 11) is 0. The van der Waals surface area contributed by atoms with Crippen molar-refractivity contribution >= 4 is 17.2 Å². The highest BCUT2D eigenvalue weighted by atomic mass is 32.1. The zero-order chi connectivity index (χ0) is 12.6. The van der Waals surface area contributed by atoms with Gasteiger partial charge in [0.05, 0.1) is 17.6 Å². The van der Waals surface area contributed by atoms with Crippen LogP contribution in [0.4, 0.5) is 0 Å². The van der Waals surface area contributed by atoms with E-state index in [1.807, 2.05) is 0 Å². The van der Waals surface area contributed by atoms with Gasteiger partial charge in [-0.3, -0.25) is 4.79 Å². The molecular formula is C8H12N2O5S. The standard InChI is InChI=1S/C5H4N2O3S.C3H8O2/c8-5(6-7(9)10)4-2-1-3-11-4;1-3(5)2-4/h1-3H,(H,6,8);3-5H,2H2,1H3. The number of amides is 1. The van der Waals surface area contributed by atoms with Crippen molar-refractivity contribution in [2.45, 2.75) is 13.0 Å². The lowest BCUT2D eigenvalue weighted by Gasteiger charge is -1.90. The Morgan fingerprint density at radius 1 is 1.75 bits per heavy atom. The summed E-state index contributed by atoms with van der Waals surface area (Å²) in [5.41, 5.74) is 1.54. The first-order chi connectivity index (χ1) is 7.47. The molecule has 1 atom stereocenters. The molecule has 90 valence electrons. The van der Waals surface area contributed by atoms with Crippen LogP contribution in [0.2, 0.25) is 0 Å². The molecule has 0 fully saturated rings. The molecule has 0 aliphatic heterocycles. The van der Waals surface area contributed by atoms with Crippen LogP contribution in [0.15, 0.2) is 17.5 Å². The number of hydrogen-bond acceptors (Lipinski definition) is 6. The van der Waals surface area contributed by atoms with Gasteiger partial charge in [-0.05, 0) is 18.4 Å². The second-order valence-corrected chi connectivity index (χ2v) is 3.65. The molecule has 0 aromatic carbocycles. The maximum Gasteiger partial charge on any atom is 0.320 e. The minimum atomic E-state index is -0.873. The van der Waals surface area contributed by atoms with Gasteiger partial charge in [0.1, 0.15) is 0 Å². The number of carbonyl (C=O) groups excluding carboxylic acids is 1. The highest BCUT2D eigenvalue weighted by molar-refractivity contribution is 7.12. The van der Waals surface area contributed by atoms with E-state index in [4.69, 9.17) is 10.2 Å². The zero-order valence-electron chi connectivity index (χ0n) is 8.49. The third-order valence-corrected chi connectivity index (χ3v) is 2.07. The highest BCUT2D eigenvalue weighted by Crippen LogP contribution is 2.07. The number of carbonyl (C=O) groups is 1. The van der Waals surface area contributed by atoms with E-state index in [1.165, 1.54) is 18.4 Å². The average Bonchev–Trinajstić information content (AvgIpc) is 2.70. The number of nitro groups is 1. The van der Waals surface area contributed by atoms with Crippen LogP contribution in [-0.4, -0.2) is 33.9 Å². The van der Waals surface area contributed by atoms with Crippen molar-refractivity contribution < 1.29 is 20.0 Å². The van der Waals surface area contributed by atoms with Crippen LogP contribution < -0.4 is 5.43 Å². The summed E-state index contributed by atoms with van der Waals surface area (Å²) in [5, 5.41) is 26.6. The van der Waals surface area contributed by atoms with Crippen LogP contribution in [0, 0.1) is 10.1 Å². The Balaban J connectivity index is 0.000000385. The Labute approximate surface area is 95.5 Å². The van der Waals surface area contributed by atoms with Gasteiger partial charge in [-0.2, -0.15) is 0 Å². The Morgan fingerprint density at radius 3 is 2.62 bits per heavy atom. The Morgan fingerprint density at radius 2 is 2.31 bits per heavy atom. The molecule has 16 heavy (non-hydrogen) atoms. The number of hydrazine groups is 1. The molecule has 1 heterocycles. The summed E-state index contributed by atoms with van der Waals surface area (Å²) < 4.78 is 0. The van der Waals surface area contributed by atoms with E-state index in [-0.39, 0.29) is 6.61 Å². The topological polar surface area (TPSA) is 113 Å². The van der Waals surface area contributed by atoms with Gasteiger partial charge in [0.15, 0.2) is 5.03 Å². The summed E-state index contributed by atoms with van der Waals surface area (Å²) in [6.07, 6.45) is -0.560. The van der Waals surface area contributed by atoms with Gasteiger partial charge in [-0.1, -0.05) is 11.5 Å². The number of thiophene rings is 1. The van der Waals surface area contributed by atoms with Gasteiger partial charge >= 0.3 is 5.91 Å². The van der Waals surface area contributed by atoms with E-state index in [0.29, 0.717) is 4.88 Å². The van der Waals surface area contributed by atoms with Crippen molar-refractivity contribution in [3.63, 3.8) is 0 Å². The van der Waals surface area contributed by atoms with Crippen molar-refractivity contribution in [1.82, 2.24) is 5.43 Å². The number of nitrogens with one attached hydrogen (secondary N) is 1. The predicted octanol–water partition coefficient (Wildman–Crippen LogP) is 0.0291. The van der Waals surface area contributed by atoms with Gasteiger partial charge < -0.3 is 10.2 Å². The van der Waals surface area contributed by atoms with Crippen molar-refractivity contribution in [2.24, 2.45) is 0 Å². The Hall–Kier alpha value is -1.51. The largest absolute Gasteiger partial charge is 0.394 e. The second-order valence-electron chi connectivity index (χ2n) is 2.71. The van der Waals surface area contributed by atoms with Crippen LogP contribution >= 0.6 is 11.3 Å². The molecule has 7 nitrogen and oxygen atoms in total. The van der Waals surface area contributed by atoms with E-state index in [2.05, 4.69) is 0 Å². The molecule has 1 aromatic rings. The van der Waals surface area contributed by atoms with Crippen LogP contribution in [-0.2, 0) is 0 Å². The normalized spacial score (nSPS) is 10.9. The van der Waals surface area contributed by atoms with Gasteiger partial charge in [0, 0.05) is 0 Å². The number of nitrogens with zero attached hydrogens (tertiary/aromatic N) is 1. The van der Waals surface area contributed by atoms with Crippen LogP contribution in [0.1, 0.15) is 16.6 Å². The molecule has 0 spiro atoms. The molecule has 0 aliphatic rings. The Kier molecular flexibility index (Phi) is 7.01. The molecule has 1 unspecified atom stereocenters. The summed E-state index contributed by atoms with van der Waals surface area (Å²) >= 11 is 1.16. The smallest absolute Gasteiger partial charge is 0.320 e.